The van der Waals surface area contributed by atoms with E-state index in [-0.39, 0.29) is 18.0 Å². The molecule has 1 saturated heterocycles. The Hall–Kier alpha value is -3.93. The number of aliphatic hydroxyl groups is 1. The second kappa shape index (κ2) is 13.0. The van der Waals surface area contributed by atoms with Crippen molar-refractivity contribution in [3.63, 3.8) is 0 Å². The Bertz CT molecular complexity index is 1900. The lowest BCUT2D eigenvalue weighted by Crippen LogP contribution is -2.57. The van der Waals surface area contributed by atoms with Crippen LogP contribution in [-0.4, -0.2) is 68.1 Å². The number of likely N-dealkylation sites (tertiary alicyclic amines) is 1. The maximum atomic E-state index is 14.0. The predicted octanol–water partition coefficient (Wildman–Crippen LogP) is 7.61. The molecule has 1 saturated carbocycles. The number of amides is 1. The van der Waals surface area contributed by atoms with E-state index in [0.29, 0.717) is 28.8 Å². The number of imidazole rings is 1. The molecule has 1 amide bonds. The molecule has 9 nitrogen and oxygen atoms in total. The van der Waals surface area contributed by atoms with Gasteiger partial charge in [-0.05, 0) is 109 Å². The van der Waals surface area contributed by atoms with Crippen LogP contribution < -0.4 is 15.5 Å². The van der Waals surface area contributed by atoms with E-state index in [9.17, 15) is 18.7 Å². The number of carbonyl (C=O) groups excluding carboxylic acids is 1. The van der Waals surface area contributed by atoms with E-state index in [1.165, 1.54) is 19.3 Å². The summed E-state index contributed by atoms with van der Waals surface area (Å²) in [6, 6.07) is 14.6. The number of alkyl halides is 2. The molecule has 7 rings (SSSR count). The number of piperidine rings is 1. The lowest BCUT2D eigenvalue weighted by Gasteiger charge is -2.48. The molecule has 2 aromatic heterocycles. The van der Waals surface area contributed by atoms with Gasteiger partial charge >= 0.3 is 0 Å². The van der Waals surface area contributed by atoms with Gasteiger partial charge in [0.1, 0.15) is 11.7 Å². The van der Waals surface area contributed by atoms with Crippen molar-refractivity contribution < 1.29 is 18.7 Å². The number of halogens is 2. The number of benzene rings is 2. The quantitative estimate of drug-likeness (QED) is 0.148. The number of rotatable bonds is 10. The molecule has 3 N–H and O–H groups in total. The number of pyridine rings is 1. The van der Waals surface area contributed by atoms with E-state index in [1.807, 2.05) is 51.4 Å². The monoisotopic (exact) mass is 685 g/mol. The number of hydrogen-bond donors (Lipinski definition) is 3. The van der Waals surface area contributed by atoms with Crippen molar-refractivity contribution >= 4 is 34.1 Å². The molecule has 1 aliphatic carbocycles. The van der Waals surface area contributed by atoms with Gasteiger partial charge in [0.25, 0.3) is 5.92 Å². The molecule has 11 heteroatoms. The summed E-state index contributed by atoms with van der Waals surface area (Å²) in [5.41, 5.74) is 6.50. The van der Waals surface area contributed by atoms with E-state index in [4.69, 9.17) is 9.97 Å². The maximum absolute atomic E-state index is 14.0. The standard InChI is InChI=1S/C39H49F2N7O2/c1-23(2)47-22-43-32-20-31(45-35(34(32)47)44-26-12-10-24(3)29(17-26)36(49)42-21-39(6,40)41)25-11-13-30-33(16-25)48(37(50)38(30,4)5)28-18-27(19-28)46-14-8-7-9-15-46/h10-13,16-17,20,22-23,27-28,36,42,49H,7-9,14-15,18-19,21H2,1-6H3,(H,44,45). The fourth-order valence-electron chi connectivity index (χ4n) is 7.88. The number of carbonyl (C=O) groups is 1. The van der Waals surface area contributed by atoms with E-state index >= 15 is 0 Å². The fourth-order valence-corrected chi connectivity index (χ4v) is 7.88. The predicted molar refractivity (Wildman–Crippen MR) is 194 cm³/mol. The summed E-state index contributed by atoms with van der Waals surface area (Å²) in [5.74, 6) is -2.22. The molecule has 2 aliphatic heterocycles. The van der Waals surface area contributed by atoms with Crippen LogP contribution in [0.1, 0.15) is 95.7 Å². The minimum absolute atomic E-state index is 0.113. The normalized spacial score (nSPS) is 21.5. The molecule has 0 radical (unpaired) electrons. The highest BCUT2D eigenvalue weighted by Crippen LogP contribution is 2.48. The summed E-state index contributed by atoms with van der Waals surface area (Å²) in [4.78, 5) is 28.5. The Morgan fingerprint density at radius 2 is 1.78 bits per heavy atom. The topological polar surface area (TPSA) is 98.6 Å². The smallest absolute Gasteiger partial charge is 0.257 e. The van der Waals surface area contributed by atoms with Gasteiger partial charge in [-0.3, -0.25) is 10.1 Å². The molecule has 0 spiro atoms. The molecular formula is C39H49F2N7O2. The van der Waals surface area contributed by atoms with Crippen molar-refractivity contribution in [3.05, 3.63) is 65.5 Å². The lowest BCUT2D eigenvalue weighted by molar-refractivity contribution is -0.123. The minimum Gasteiger partial charge on any atom is -0.374 e. The highest BCUT2D eigenvalue weighted by molar-refractivity contribution is 6.08. The van der Waals surface area contributed by atoms with Gasteiger partial charge in [0.15, 0.2) is 5.82 Å². The summed E-state index contributed by atoms with van der Waals surface area (Å²) in [5, 5.41) is 16.8. The van der Waals surface area contributed by atoms with Gasteiger partial charge in [-0.15, -0.1) is 0 Å². The summed E-state index contributed by atoms with van der Waals surface area (Å²) >= 11 is 0. The molecule has 3 aliphatic rings. The number of hydrogen-bond acceptors (Lipinski definition) is 7. The van der Waals surface area contributed by atoms with Gasteiger partial charge in [-0.25, -0.2) is 18.7 Å². The Morgan fingerprint density at radius 1 is 1.04 bits per heavy atom. The van der Waals surface area contributed by atoms with Crippen molar-refractivity contribution in [1.82, 2.24) is 24.8 Å². The van der Waals surface area contributed by atoms with Crippen molar-refractivity contribution in [1.29, 1.82) is 0 Å². The molecular weight excluding hydrogens is 636 g/mol. The zero-order chi connectivity index (χ0) is 35.5. The largest absolute Gasteiger partial charge is 0.374 e. The molecule has 50 heavy (non-hydrogen) atoms. The van der Waals surface area contributed by atoms with Gasteiger partial charge in [0.05, 0.1) is 29.5 Å². The Labute approximate surface area is 293 Å². The third-order valence-corrected chi connectivity index (χ3v) is 10.9. The highest BCUT2D eigenvalue weighted by atomic mass is 19.3. The zero-order valence-electron chi connectivity index (χ0n) is 29.9. The van der Waals surface area contributed by atoms with E-state index in [1.54, 1.807) is 6.07 Å². The molecule has 1 unspecified atom stereocenters. The zero-order valence-corrected chi connectivity index (χ0v) is 29.9. The van der Waals surface area contributed by atoms with Crippen molar-refractivity contribution in [2.45, 2.75) is 109 Å². The summed E-state index contributed by atoms with van der Waals surface area (Å²) < 4.78 is 29.1. The first-order valence-electron chi connectivity index (χ1n) is 18.0. The Balaban J connectivity index is 1.23. The molecule has 2 aromatic carbocycles. The SMILES string of the molecule is Cc1ccc(Nc2nc(-c3ccc4c(c3)N(C3CC(N5CCCCC5)C3)C(=O)C4(C)C)cc3ncn(C(C)C)c23)cc1C(O)NCC(C)(F)F. The number of anilines is 3. The number of nitrogens with one attached hydrogen (secondary N) is 2. The number of aromatic nitrogens is 3. The van der Waals surface area contributed by atoms with Gasteiger partial charge in [-0.1, -0.05) is 24.6 Å². The average Bonchev–Trinajstić information content (AvgIpc) is 3.57. The number of aryl methyl sites for hydroxylation is 1. The summed E-state index contributed by atoms with van der Waals surface area (Å²) in [7, 11) is 0. The third-order valence-electron chi connectivity index (χ3n) is 10.9. The molecule has 4 heterocycles. The van der Waals surface area contributed by atoms with E-state index in [2.05, 4.69) is 51.0 Å². The Kier molecular flexibility index (Phi) is 8.97. The Morgan fingerprint density at radius 3 is 2.48 bits per heavy atom. The second-order valence-electron chi connectivity index (χ2n) is 15.4. The van der Waals surface area contributed by atoms with Gasteiger partial charge in [0, 0.05) is 47.6 Å². The van der Waals surface area contributed by atoms with Crippen LogP contribution in [0.25, 0.3) is 22.3 Å². The first-order chi connectivity index (χ1) is 23.7. The van der Waals surface area contributed by atoms with Crippen LogP contribution in [0, 0.1) is 6.92 Å². The molecule has 266 valence electrons. The van der Waals surface area contributed by atoms with Crippen LogP contribution in [0.2, 0.25) is 0 Å². The van der Waals surface area contributed by atoms with Crippen LogP contribution in [0.5, 0.6) is 0 Å². The summed E-state index contributed by atoms with van der Waals surface area (Å²) in [6.45, 7) is 12.5. The molecule has 4 aromatic rings. The highest BCUT2D eigenvalue weighted by Gasteiger charge is 2.50. The van der Waals surface area contributed by atoms with Gasteiger partial charge in [0.2, 0.25) is 5.91 Å². The van der Waals surface area contributed by atoms with Crippen LogP contribution in [-0.2, 0) is 10.2 Å². The molecule has 0 bridgehead atoms. The number of fused-ring (bicyclic) bond motifs is 2. The van der Waals surface area contributed by atoms with Crippen molar-refractivity contribution in [3.8, 4) is 11.3 Å². The van der Waals surface area contributed by atoms with Crippen LogP contribution in [0.4, 0.5) is 26.0 Å². The lowest BCUT2D eigenvalue weighted by atomic mass is 9.82. The molecule has 2 fully saturated rings. The van der Waals surface area contributed by atoms with E-state index in [0.717, 1.165) is 66.3 Å². The first-order valence-corrected chi connectivity index (χ1v) is 18.0. The van der Waals surface area contributed by atoms with Crippen LogP contribution in [0.15, 0.2) is 48.8 Å². The van der Waals surface area contributed by atoms with Crippen LogP contribution in [0.3, 0.4) is 0 Å². The maximum Gasteiger partial charge on any atom is 0.257 e. The van der Waals surface area contributed by atoms with Gasteiger partial charge in [-0.2, -0.15) is 0 Å². The minimum atomic E-state index is -2.96. The van der Waals surface area contributed by atoms with Crippen molar-refractivity contribution in [2.75, 3.05) is 29.9 Å². The first kappa shape index (κ1) is 34.5. The van der Waals surface area contributed by atoms with Gasteiger partial charge < -0.3 is 24.8 Å². The second-order valence-corrected chi connectivity index (χ2v) is 15.4. The number of aliphatic hydroxyl groups excluding tert-OH is 1. The van der Waals surface area contributed by atoms with Crippen LogP contribution >= 0.6 is 0 Å². The van der Waals surface area contributed by atoms with E-state index < -0.39 is 24.1 Å². The third kappa shape index (κ3) is 6.39. The average molecular weight is 686 g/mol. The fraction of sp³-hybridized carbons (Fsp3) is 0.513. The number of nitrogens with zero attached hydrogens (tertiary/aromatic N) is 5. The summed E-state index contributed by atoms with van der Waals surface area (Å²) in [6.07, 6.45) is 6.38. The molecule has 1 atom stereocenters. The van der Waals surface area contributed by atoms with Crippen molar-refractivity contribution in [2.24, 2.45) is 0 Å².